The summed E-state index contributed by atoms with van der Waals surface area (Å²) in [5.74, 6) is -0.763. The Morgan fingerprint density at radius 3 is 1.94 bits per heavy atom. The third-order valence-corrected chi connectivity index (χ3v) is 1.74. The van der Waals surface area contributed by atoms with Crippen LogP contribution in [0.4, 0.5) is 26.3 Å². The van der Waals surface area contributed by atoms with E-state index in [1.54, 1.807) is 6.07 Å². The summed E-state index contributed by atoms with van der Waals surface area (Å²) >= 11 is 0. The van der Waals surface area contributed by atoms with Gasteiger partial charge in [-0.3, -0.25) is 0 Å². The molecule has 0 fully saturated rings. The molecule has 0 saturated heterocycles. The van der Waals surface area contributed by atoms with Crippen molar-refractivity contribution in [3.05, 3.63) is 29.3 Å². The van der Waals surface area contributed by atoms with Gasteiger partial charge >= 0.3 is 31.2 Å². The van der Waals surface area contributed by atoms with Gasteiger partial charge in [0.15, 0.2) is 0 Å². The van der Waals surface area contributed by atoms with Gasteiger partial charge in [-0.05, 0) is 5.56 Å². The molecule has 0 radical (unpaired) electrons. The van der Waals surface area contributed by atoms with Gasteiger partial charge in [0.1, 0.15) is 0 Å². The quantitative estimate of drug-likeness (QED) is 0.401. The maximum atomic E-state index is 12.3. The van der Waals surface area contributed by atoms with Crippen molar-refractivity contribution >= 4 is 0 Å². The Balaban J connectivity index is 0.00000256. The number of halogens is 6. The third-order valence-electron chi connectivity index (χ3n) is 1.74. The summed E-state index contributed by atoms with van der Waals surface area (Å²) in [6.07, 6.45) is -9.76. The second-order valence-corrected chi connectivity index (χ2v) is 2.83. The van der Waals surface area contributed by atoms with E-state index < -0.39 is 29.2 Å². The van der Waals surface area contributed by atoms with Gasteiger partial charge in [0.05, 0.1) is 7.11 Å². The number of alkyl halides is 6. The van der Waals surface area contributed by atoms with E-state index in [0.717, 1.165) is 7.11 Å². The Kier molecular flexibility index (Phi) is 4.98. The van der Waals surface area contributed by atoms with Crippen LogP contribution in [-0.4, -0.2) is 7.11 Å². The van der Waals surface area contributed by atoms with Crippen LogP contribution in [0.1, 0.15) is 11.1 Å². The molecule has 0 heterocycles. The van der Waals surface area contributed by atoms with Gasteiger partial charge in [0.25, 0.3) is 0 Å². The molecule has 1 rings (SSSR count). The van der Waals surface area contributed by atoms with E-state index in [-0.39, 0.29) is 24.9 Å². The molecule has 8 heteroatoms. The molecule has 0 aliphatic carbocycles. The molecule has 0 bridgehead atoms. The minimum atomic E-state index is -4.91. The van der Waals surface area contributed by atoms with Gasteiger partial charge < -0.3 is 4.74 Å². The smallest absolute Gasteiger partial charge is 0.522 e. The van der Waals surface area contributed by atoms with Crippen molar-refractivity contribution in [1.82, 2.24) is 0 Å². The molecule has 0 aliphatic rings. The van der Waals surface area contributed by atoms with Crippen LogP contribution in [0.15, 0.2) is 12.1 Å². The van der Waals surface area contributed by atoms with Gasteiger partial charge in [0.2, 0.25) is 0 Å². The Morgan fingerprint density at radius 2 is 1.59 bits per heavy atom. The summed E-state index contributed by atoms with van der Waals surface area (Å²) in [5.41, 5.74) is -2.91. The fourth-order valence-corrected chi connectivity index (χ4v) is 1.03. The van der Waals surface area contributed by atoms with E-state index in [1.165, 1.54) is 0 Å². The van der Waals surface area contributed by atoms with Crippen molar-refractivity contribution in [1.29, 1.82) is 0 Å². The predicted octanol–water partition coefficient (Wildman–Crippen LogP) is 0.537. The van der Waals surface area contributed by atoms with E-state index in [2.05, 4.69) is 4.74 Å². The van der Waals surface area contributed by atoms with Crippen molar-refractivity contribution < 1.29 is 49.9 Å². The molecule has 0 N–H and O–H groups in total. The molecule has 0 aliphatic heterocycles. The maximum absolute atomic E-state index is 12.3. The first kappa shape index (κ1) is 16.2. The summed E-state index contributed by atoms with van der Waals surface area (Å²) in [7, 11) is 0.925. The zero-order chi connectivity index (χ0) is 12.6. The Labute approximate surface area is 105 Å². The molecule has 0 saturated carbocycles. The largest absolute Gasteiger partial charge is 1.00 e. The fraction of sp³-hybridized carbons (Fsp3) is 0.333. The number of rotatable bonds is 1. The predicted molar refractivity (Wildman–Crippen MR) is 41.8 cm³/mol. The first-order valence-electron chi connectivity index (χ1n) is 3.90. The van der Waals surface area contributed by atoms with Crippen LogP contribution in [0.5, 0.6) is 5.75 Å². The topological polar surface area (TPSA) is 9.23 Å². The minimum absolute atomic E-state index is 0. The minimum Gasteiger partial charge on any atom is -0.522 e. The van der Waals surface area contributed by atoms with Crippen LogP contribution in [0.25, 0.3) is 0 Å². The molecular weight excluding hydrogens is 245 g/mol. The fourth-order valence-electron chi connectivity index (χ4n) is 1.03. The van der Waals surface area contributed by atoms with Gasteiger partial charge in [0, 0.05) is 5.75 Å². The normalized spacial score (nSPS) is 11.9. The monoisotopic (exact) mass is 250 g/mol. The van der Waals surface area contributed by atoms with Crippen molar-refractivity contribution in [3.8, 4) is 5.75 Å². The number of benzene rings is 1. The molecule has 1 nitrogen and oxygen atoms in total. The molecule has 0 aromatic heterocycles. The first-order chi connectivity index (χ1) is 7.16. The first-order valence-corrected chi connectivity index (χ1v) is 3.90. The van der Waals surface area contributed by atoms with E-state index in [9.17, 15) is 26.3 Å². The van der Waals surface area contributed by atoms with Gasteiger partial charge in [-0.1, -0.05) is 5.56 Å². The van der Waals surface area contributed by atoms with Crippen LogP contribution in [0.2, 0.25) is 0 Å². The molecule has 0 atom stereocenters. The maximum Gasteiger partial charge on any atom is 1.00 e. The zero-order valence-electron chi connectivity index (χ0n) is 8.83. The summed E-state index contributed by atoms with van der Waals surface area (Å²) in [4.78, 5) is 0. The SMILES string of the molecule is COc1[c-]cc(C(F)(F)F)cc1C(F)(F)F.[Li+]. The number of methoxy groups -OCH3 is 1. The average molecular weight is 250 g/mol. The van der Waals surface area contributed by atoms with Crippen LogP contribution in [-0.2, 0) is 12.4 Å². The van der Waals surface area contributed by atoms with Crippen LogP contribution < -0.4 is 23.6 Å². The van der Waals surface area contributed by atoms with Crippen molar-refractivity contribution in [3.63, 3.8) is 0 Å². The summed E-state index contributed by atoms with van der Waals surface area (Å²) in [5, 5.41) is 0. The zero-order valence-corrected chi connectivity index (χ0v) is 8.83. The van der Waals surface area contributed by atoms with Gasteiger partial charge in [-0.25, -0.2) is 0 Å². The Bertz CT molecular complexity index is 384. The molecule has 0 amide bonds. The van der Waals surface area contributed by atoms with Crippen molar-refractivity contribution in [2.75, 3.05) is 7.11 Å². The molecule has 1 aromatic rings. The van der Waals surface area contributed by atoms with Crippen LogP contribution in [0.3, 0.4) is 0 Å². The van der Waals surface area contributed by atoms with Crippen LogP contribution >= 0.6 is 0 Å². The molecule has 90 valence electrons. The summed E-state index contributed by atoms with van der Waals surface area (Å²) in [6, 6.07) is 2.21. The molecule has 1 aromatic carbocycles. The number of hydrogen-bond donors (Lipinski definition) is 0. The van der Waals surface area contributed by atoms with Crippen LogP contribution in [0, 0.1) is 6.07 Å². The summed E-state index contributed by atoms with van der Waals surface area (Å²) < 4.78 is 77.8. The molecule has 0 unspecified atom stereocenters. The Hall–Kier alpha value is -0.803. The van der Waals surface area contributed by atoms with Gasteiger partial charge in [-0.15, -0.1) is 12.1 Å². The van der Waals surface area contributed by atoms with E-state index in [1.807, 2.05) is 0 Å². The number of hydrogen-bond acceptors (Lipinski definition) is 1. The van der Waals surface area contributed by atoms with Gasteiger partial charge in [-0.2, -0.15) is 32.4 Å². The average Bonchev–Trinajstić information content (AvgIpc) is 2.14. The van der Waals surface area contributed by atoms with E-state index in [4.69, 9.17) is 0 Å². The van der Waals surface area contributed by atoms with E-state index >= 15 is 0 Å². The second-order valence-electron chi connectivity index (χ2n) is 2.83. The second kappa shape index (κ2) is 5.23. The van der Waals surface area contributed by atoms with Crippen molar-refractivity contribution in [2.24, 2.45) is 0 Å². The molecule has 0 spiro atoms. The van der Waals surface area contributed by atoms with E-state index in [0.29, 0.717) is 6.07 Å². The molecule has 17 heavy (non-hydrogen) atoms. The summed E-state index contributed by atoms with van der Waals surface area (Å²) in [6.45, 7) is 0. The Morgan fingerprint density at radius 1 is 1.06 bits per heavy atom. The molecular formula is C9H5F6LiO. The van der Waals surface area contributed by atoms with Crippen molar-refractivity contribution in [2.45, 2.75) is 12.4 Å². The number of ether oxygens (including phenoxy) is 1. The third kappa shape index (κ3) is 3.86. The standard InChI is InChI=1S/C9H5F6O.Li/c1-16-7-3-2-5(8(10,11)12)4-6(7)9(13,14)15;/h2,4H,1H3;/q-1;+1.